The third kappa shape index (κ3) is 10.5. The molecule has 0 spiro atoms. The molecule has 1 aliphatic rings. The smallest absolute Gasteiger partial charge is 0.344 e. The Bertz CT molecular complexity index is 1680. The van der Waals surface area contributed by atoms with E-state index in [1.54, 1.807) is 52.0 Å². The highest BCUT2D eigenvalue weighted by Crippen LogP contribution is 2.37. The molecule has 1 saturated heterocycles. The standard InChI is InChI=1S/C42H55NO8/c1-10-34(32-23-29(4)39(48-9)37(25-32)47-8)40(45)43-21-12-11-16-35(43)41(46)50-36(20-19-30-18-17-27(2)28(3)22-30)31-14-13-15-33(24-31)49-26-38(44)51-42(5,6)7/h13-15,17-18,22-25,34-36H,10-12,16,19-21,26H2,1-9H3/t34?,35?,36-/m1/s1. The van der Waals surface area contributed by atoms with Gasteiger partial charge in [-0.15, -0.1) is 0 Å². The summed E-state index contributed by atoms with van der Waals surface area (Å²) >= 11 is 0. The Morgan fingerprint density at radius 3 is 2.31 bits per heavy atom. The third-order valence-electron chi connectivity index (χ3n) is 9.39. The maximum absolute atomic E-state index is 14.3. The second-order valence-electron chi connectivity index (χ2n) is 14.4. The number of nitrogens with zero attached hydrogens (tertiary/aromatic N) is 1. The van der Waals surface area contributed by atoms with Crippen LogP contribution in [-0.2, 0) is 30.3 Å². The Morgan fingerprint density at radius 1 is 0.882 bits per heavy atom. The molecule has 3 aromatic carbocycles. The van der Waals surface area contributed by atoms with Gasteiger partial charge in [-0.05, 0) is 132 Å². The van der Waals surface area contributed by atoms with Gasteiger partial charge >= 0.3 is 11.9 Å². The Labute approximate surface area is 303 Å². The van der Waals surface area contributed by atoms with E-state index in [0.29, 0.717) is 49.5 Å². The van der Waals surface area contributed by atoms with E-state index < -0.39 is 35.6 Å². The van der Waals surface area contributed by atoms with Gasteiger partial charge in [0.25, 0.3) is 0 Å². The summed E-state index contributed by atoms with van der Waals surface area (Å²) in [5.41, 5.74) is 5.37. The lowest BCUT2D eigenvalue weighted by atomic mass is 9.91. The van der Waals surface area contributed by atoms with Gasteiger partial charge in [0.1, 0.15) is 23.5 Å². The first-order valence-electron chi connectivity index (χ1n) is 18.0. The van der Waals surface area contributed by atoms with Gasteiger partial charge in [0.15, 0.2) is 18.1 Å². The quantitative estimate of drug-likeness (QED) is 0.155. The summed E-state index contributed by atoms with van der Waals surface area (Å²) in [5, 5.41) is 0. The molecule has 1 amide bonds. The van der Waals surface area contributed by atoms with Crippen molar-refractivity contribution in [3.63, 3.8) is 0 Å². The molecule has 0 aliphatic carbocycles. The van der Waals surface area contributed by atoms with Crippen molar-refractivity contribution in [2.45, 2.75) is 111 Å². The molecular weight excluding hydrogens is 646 g/mol. The lowest BCUT2D eigenvalue weighted by molar-refractivity contribution is -0.162. The summed E-state index contributed by atoms with van der Waals surface area (Å²) in [5.74, 6) is 0.210. The molecule has 4 rings (SSSR count). The summed E-state index contributed by atoms with van der Waals surface area (Å²) in [4.78, 5) is 42.5. The molecule has 0 saturated carbocycles. The van der Waals surface area contributed by atoms with Crippen molar-refractivity contribution in [2.24, 2.45) is 0 Å². The molecular formula is C42H55NO8. The highest BCUT2D eigenvalue weighted by molar-refractivity contribution is 5.89. The highest BCUT2D eigenvalue weighted by Gasteiger charge is 2.38. The predicted octanol–water partition coefficient (Wildman–Crippen LogP) is 8.14. The second kappa shape index (κ2) is 17.6. The SMILES string of the molecule is CCC(C(=O)N1CCCCC1C(=O)O[C@H](CCc1ccc(C)c(C)c1)c1cccc(OCC(=O)OC(C)(C)C)c1)c1cc(C)c(OC)c(OC)c1. The van der Waals surface area contributed by atoms with Crippen LogP contribution in [0.2, 0.25) is 0 Å². The molecule has 276 valence electrons. The molecule has 1 fully saturated rings. The number of hydrogen-bond acceptors (Lipinski definition) is 8. The number of aryl methyl sites for hydroxylation is 4. The fourth-order valence-corrected chi connectivity index (χ4v) is 6.66. The van der Waals surface area contributed by atoms with Crippen molar-refractivity contribution < 1.29 is 38.1 Å². The van der Waals surface area contributed by atoms with Crippen molar-refractivity contribution in [1.29, 1.82) is 0 Å². The fourth-order valence-electron chi connectivity index (χ4n) is 6.66. The lowest BCUT2D eigenvalue weighted by Gasteiger charge is -2.37. The molecule has 0 N–H and O–H groups in total. The van der Waals surface area contributed by atoms with Gasteiger partial charge in [0.05, 0.1) is 20.1 Å². The molecule has 9 heteroatoms. The van der Waals surface area contributed by atoms with Crippen LogP contribution in [0.15, 0.2) is 54.6 Å². The highest BCUT2D eigenvalue weighted by atomic mass is 16.6. The summed E-state index contributed by atoms with van der Waals surface area (Å²) in [6, 6.07) is 16.8. The number of esters is 2. The molecule has 1 heterocycles. The molecule has 0 radical (unpaired) electrons. The van der Waals surface area contributed by atoms with Gasteiger partial charge < -0.3 is 28.6 Å². The minimum atomic E-state index is -0.711. The van der Waals surface area contributed by atoms with Crippen LogP contribution in [-0.4, -0.2) is 61.8 Å². The number of amides is 1. The molecule has 3 aromatic rings. The number of likely N-dealkylation sites (tertiary alicyclic amines) is 1. The van der Waals surface area contributed by atoms with Gasteiger partial charge in [-0.2, -0.15) is 0 Å². The zero-order valence-electron chi connectivity index (χ0n) is 31.8. The van der Waals surface area contributed by atoms with Gasteiger partial charge in [0.2, 0.25) is 5.91 Å². The van der Waals surface area contributed by atoms with Gasteiger partial charge in [-0.25, -0.2) is 9.59 Å². The Hall–Kier alpha value is -4.53. The van der Waals surface area contributed by atoms with Crippen LogP contribution >= 0.6 is 0 Å². The summed E-state index contributed by atoms with van der Waals surface area (Å²) in [6.45, 7) is 13.7. The number of rotatable bonds is 14. The van der Waals surface area contributed by atoms with Crippen molar-refractivity contribution in [1.82, 2.24) is 4.90 Å². The van der Waals surface area contributed by atoms with Gasteiger partial charge in [-0.1, -0.05) is 43.3 Å². The topological polar surface area (TPSA) is 101 Å². The van der Waals surface area contributed by atoms with E-state index >= 15 is 0 Å². The number of carbonyl (C=O) groups excluding carboxylic acids is 3. The van der Waals surface area contributed by atoms with Crippen molar-refractivity contribution >= 4 is 17.8 Å². The first kappa shape index (κ1) is 39.3. The average molecular weight is 702 g/mol. The molecule has 9 nitrogen and oxygen atoms in total. The monoisotopic (exact) mass is 701 g/mol. The predicted molar refractivity (Wildman–Crippen MR) is 198 cm³/mol. The fraction of sp³-hybridized carbons (Fsp3) is 0.500. The Kier molecular flexibility index (Phi) is 13.6. The zero-order chi connectivity index (χ0) is 37.3. The maximum Gasteiger partial charge on any atom is 0.344 e. The first-order valence-corrected chi connectivity index (χ1v) is 18.0. The second-order valence-corrected chi connectivity index (χ2v) is 14.4. The number of benzene rings is 3. The molecule has 3 atom stereocenters. The van der Waals surface area contributed by atoms with E-state index in [1.807, 2.05) is 38.1 Å². The number of methoxy groups -OCH3 is 2. The van der Waals surface area contributed by atoms with Crippen LogP contribution in [0.4, 0.5) is 0 Å². The van der Waals surface area contributed by atoms with Crippen molar-refractivity contribution in [2.75, 3.05) is 27.4 Å². The van der Waals surface area contributed by atoms with Crippen LogP contribution in [0.3, 0.4) is 0 Å². The van der Waals surface area contributed by atoms with E-state index in [2.05, 4.69) is 32.0 Å². The van der Waals surface area contributed by atoms with Crippen LogP contribution in [0.1, 0.15) is 105 Å². The number of ether oxygens (including phenoxy) is 5. The van der Waals surface area contributed by atoms with Crippen molar-refractivity contribution in [3.05, 3.63) is 88.0 Å². The molecule has 0 aromatic heterocycles. The number of carbonyl (C=O) groups is 3. The number of hydrogen-bond donors (Lipinski definition) is 0. The third-order valence-corrected chi connectivity index (χ3v) is 9.39. The zero-order valence-corrected chi connectivity index (χ0v) is 31.8. The maximum atomic E-state index is 14.3. The van der Waals surface area contributed by atoms with E-state index in [4.69, 9.17) is 23.7 Å². The van der Waals surface area contributed by atoms with Crippen LogP contribution in [0, 0.1) is 20.8 Å². The van der Waals surface area contributed by atoms with E-state index in [0.717, 1.165) is 35.1 Å². The average Bonchev–Trinajstić information content (AvgIpc) is 3.09. The normalized spacial score (nSPS) is 15.8. The summed E-state index contributed by atoms with van der Waals surface area (Å²) in [6.07, 6.45) is 3.29. The Morgan fingerprint density at radius 2 is 1.65 bits per heavy atom. The van der Waals surface area contributed by atoms with Crippen LogP contribution < -0.4 is 14.2 Å². The molecule has 1 aliphatic heterocycles. The lowest BCUT2D eigenvalue weighted by Crippen LogP contribution is -2.50. The Balaban J connectivity index is 1.59. The molecule has 0 bridgehead atoms. The van der Waals surface area contributed by atoms with Gasteiger partial charge in [0, 0.05) is 6.54 Å². The summed E-state index contributed by atoms with van der Waals surface area (Å²) < 4.78 is 28.7. The minimum Gasteiger partial charge on any atom is -0.493 e. The summed E-state index contributed by atoms with van der Waals surface area (Å²) in [7, 11) is 3.18. The van der Waals surface area contributed by atoms with Crippen LogP contribution in [0.5, 0.6) is 17.2 Å². The molecule has 2 unspecified atom stereocenters. The van der Waals surface area contributed by atoms with Gasteiger partial charge in [-0.3, -0.25) is 4.79 Å². The minimum absolute atomic E-state index is 0.102. The molecule has 51 heavy (non-hydrogen) atoms. The first-order chi connectivity index (χ1) is 24.2. The van der Waals surface area contributed by atoms with E-state index in [1.165, 1.54) is 11.1 Å². The van der Waals surface area contributed by atoms with E-state index in [9.17, 15) is 14.4 Å². The largest absolute Gasteiger partial charge is 0.493 e. The number of piperidine rings is 1. The van der Waals surface area contributed by atoms with Crippen molar-refractivity contribution in [3.8, 4) is 17.2 Å². The van der Waals surface area contributed by atoms with Crippen LogP contribution in [0.25, 0.3) is 0 Å². The van der Waals surface area contributed by atoms with E-state index in [-0.39, 0.29) is 12.5 Å².